The Morgan fingerprint density at radius 1 is 1.39 bits per heavy atom. The highest BCUT2D eigenvalue weighted by Crippen LogP contribution is 2.25. The van der Waals surface area contributed by atoms with E-state index in [1.807, 2.05) is 0 Å². The van der Waals surface area contributed by atoms with Crippen LogP contribution in [-0.4, -0.2) is 36.0 Å². The highest BCUT2D eigenvalue weighted by atomic mass is 35.5. The first-order valence-electron chi connectivity index (χ1n) is 7.06. The van der Waals surface area contributed by atoms with Crippen molar-refractivity contribution in [1.82, 2.24) is 10.2 Å². The summed E-state index contributed by atoms with van der Waals surface area (Å²) in [6.07, 6.45) is -4.66. The summed E-state index contributed by atoms with van der Waals surface area (Å²) in [4.78, 5) is 24.4. The SMILES string of the molecule is C[C@@H](NC(=O)[C@@H]1CC(=O)N(CC(F)(F)F)C1)c1ccc(Cl)cc1. The van der Waals surface area contributed by atoms with Crippen molar-refractivity contribution in [3.63, 3.8) is 0 Å². The van der Waals surface area contributed by atoms with Gasteiger partial charge in [0.2, 0.25) is 11.8 Å². The molecule has 1 aliphatic heterocycles. The van der Waals surface area contributed by atoms with Crippen molar-refractivity contribution in [3.8, 4) is 0 Å². The molecule has 23 heavy (non-hydrogen) atoms. The summed E-state index contributed by atoms with van der Waals surface area (Å²) in [5.41, 5.74) is 0.819. The first-order chi connectivity index (χ1) is 10.7. The third-order valence-electron chi connectivity index (χ3n) is 3.68. The number of nitrogens with zero attached hydrogens (tertiary/aromatic N) is 1. The summed E-state index contributed by atoms with van der Waals surface area (Å²) in [5, 5.41) is 3.29. The average molecular weight is 349 g/mol. The van der Waals surface area contributed by atoms with Gasteiger partial charge in [-0.1, -0.05) is 23.7 Å². The maximum atomic E-state index is 12.4. The number of rotatable bonds is 4. The number of carbonyl (C=O) groups is 2. The second-order valence-corrected chi connectivity index (χ2v) is 6.01. The third kappa shape index (κ3) is 4.86. The molecule has 0 saturated carbocycles. The molecule has 2 rings (SSSR count). The molecule has 0 spiro atoms. The van der Waals surface area contributed by atoms with Gasteiger partial charge in [0.15, 0.2) is 0 Å². The molecule has 8 heteroatoms. The van der Waals surface area contributed by atoms with Crippen LogP contribution >= 0.6 is 11.6 Å². The molecule has 4 nitrogen and oxygen atoms in total. The summed E-state index contributed by atoms with van der Waals surface area (Å²) < 4.78 is 37.1. The Labute approximate surface area is 136 Å². The summed E-state index contributed by atoms with van der Waals surface area (Å²) >= 11 is 5.79. The number of hydrogen-bond donors (Lipinski definition) is 1. The van der Waals surface area contributed by atoms with Crippen LogP contribution in [0.25, 0.3) is 0 Å². The van der Waals surface area contributed by atoms with Crippen molar-refractivity contribution in [2.75, 3.05) is 13.1 Å². The van der Waals surface area contributed by atoms with Gasteiger partial charge in [0.25, 0.3) is 0 Å². The Morgan fingerprint density at radius 2 is 2.00 bits per heavy atom. The van der Waals surface area contributed by atoms with Gasteiger partial charge in [-0.15, -0.1) is 0 Å². The minimum absolute atomic E-state index is 0.199. The quantitative estimate of drug-likeness (QED) is 0.909. The zero-order chi connectivity index (χ0) is 17.2. The Morgan fingerprint density at radius 3 is 2.57 bits per heavy atom. The number of likely N-dealkylation sites (tertiary alicyclic amines) is 1. The van der Waals surface area contributed by atoms with E-state index in [4.69, 9.17) is 11.6 Å². The van der Waals surface area contributed by atoms with Gasteiger partial charge in [-0.2, -0.15) is 13.2 Å². The number of hydrogen-bond acceptors (Lipinski definition) is 2. The van der Waals surface area contributed by atoms with Crippen LogP contribution in [0.3, 0.4) is 0 Å². The van der Waals surface area contributed by atoms with Crippen LogP contribution in [0.1, 0.15) is 24.9 Å². The second-order valence-electron chi connectivity index (χ2n) is 5.57. The molecular formula is C15H16ClF3N2O2. The van der Waals surface area contributed by atoms with Gasteiger partial charge in [0.1, 0.15) is 6.54 Å². The Balaban J connectivity index is 1.93. The molecule has 126 valence electrons. The number of amides is 2. The molecule has 1 N–H and O–H groups in total. The van der Waals surface area contributed by atoms with Gasteiger partial charge in [0, 0.05) is 18.0 Å². The van der Waals surface area contributed by atoms with E-state index in [9.17, 15) is 22.8 Å². The Kier molecular flexibility index (Phi) is 5.19. The lowest BCUT2D eigenvalue weighted by atomic mass is 10.1. The highest BCUT2D eigenvalue weighted by Gasteiger charge is 2.40. The zero-order valence-electron chi connectivity index (χ0n) is 12.4. The first-order valence-corrected chi connectivity index (χ1v) is 7.44. The molecule has 1 aromatic rings. The summed E-state index contributed by atoms with van der Waals surface area (Å²) in [6, 6.07) is 6.55. The molecule has 0 bridgehead atoms. The first kappa shape index (κ1) is 17.6. The van der Waals surface area contributed by atoms with Gasteiger partial charge >= 0.3 is 6.18 Å². The van der Waals surface area contributed by atoms with Crippen molar-refractivity contribution in [2.45, 2.75) is 25.6 Å². The van der Waals surface area contributed by atoms with Crippen LogP contribution in [0.15, 0.2) is 24.3 Å². The number of halogens is 4. The minimum Gasteiger partial charge on any atom is -0.349 e. The molecule has 0 aromatic heterocycles. The highest BCUT2D eigenvalue weighted by molar-refractivity contribution is 6.30. The van der Waals surface area contributed by atoms with E-state index < -0.39 is 30.5 Å². The maximum Gasteiger partial charge on any atom is 0.406 e. The van der Waals surface area contributed by atoms with Crippen molar-refractivity contribution in [1.29, 1.82) is 0 Å². The van der Waals surface area contributed by atoms with Gasteiger partial charge in [-0.25, -0.2) is 0 Å². The molecule has 1 heterocycles. The fourth-order valence-corrected chi connectivity index (χ4v) is 2.61. The summed E-state index contributed by atoms with van der Waals surface area (Å²) in [5.74, 6) is -1.84. The molecule has 2 amide bonds. The molecule has 1 aliphatic rings. The molecular weight excluding hydrogens is 333 g/mol. The molecule has 1 fully saturated rings. The van der Waals surface area contributed by atoms with Crippen molar-refractivity contribution in [2.24, 2.45) is 5.92 Å². The second kappa shape index (κ2) is 6.78. The van der Waals surface area contributed by atoms with Crippen molar-refractivity contribution < 1.29 is 22.8 Å². The summed E-state index contributed by atoms with van der Waals surface area (Å²) in [7, 11) is 0. The standard InChI is InChI=1S/C15H16ClF3N2O2/c1-9(10-2-4-12(16)5-3-10)20-14(23)11-6-13(22)21(7-11)8-15(17,18)19/h2-5,9,11H,6-8H2,1H3,(H,20,23)/t9-,11-/m1/s1. The van der Waals surface area contributed by atoms with Gasteiger partial charge < -0.3 is 10.2 Å². The van der Waals surface area contributed by atoms with Crippen LogP contribution < -0.4 is 5.32 Å². The average Bonchev–Trinajstić information content (AvgIpc) is 2.79. The normalized spacial score (nSPS) is 19.8. The molecule has 0 unspecified atom stereocenters. The topological polar surface area (TPSA) is 49.4 Å². The molecule has 0 aliphatic carbocycles. The van der Waals surface area contributed by atoms with Gasteiger partial charge in [0.05, 0.1) is 12.0 Å². The van der Waals surface area contributed by atoms with Crippen LogP contribution in [-0.2, 0) is 9.59 Å². The lowest BCUT2D eigenvalue weighted by molar-refractivity contribution is -0.157. The predicted molar refractivity (Wildman–Crippen MR) is 78.8 cm³/mol. The minimum atomic E-state index is -4.46. The van der Waals surface area contributed by atoms with Crippen LogP contribution in [0.5, 0.6) is 0 Å². The Bertz CT molecular complexity index is 589. The van der Waals surface area contributed by atoms with Crippen molar-refractivity contribution >= 4 is 23.4 Å². The fourth-order valence-electron chi connectivity index (χ4n) is 2.48. The van der Waals surface area contributed by atoms with E-state index in [0.717, 1.165) is 5.56 Å². The van der Waals surface area contributed by atoms with E-state index in [-0.39, 0.29) is 19.0 Å². The molecule has 1 saturated heterocycles. The van der Waals surface area contributed by atoms with Gasteiger partial charge in [-0.3, -0.25) is 9.59 Å². The lowest BCUT2D eigenvalue weighted by Crippen LogP contribution is -2.37. The number of nitrogens with one attached hydrogen (secondary N) is 1. The van der Waals surface area contributed by atoms with Crippen molar-refractivity contribution in [3.05, 3.63) is 34.9 Å². The number of benzene rings is 1. The summed E-state index contributed by atoms with van der Waals surface area (Å²) in [6.45, 7) is 0.227. The van der Waals surface area contributed by atoms with Crippen LogP contribution in [0.4, 0.5) is 13.2 Å². The van der Waals surface area contributed by atoms with Crippen LogP contribution in [0, 0.1) is 5.92 Å². The van der Waals surface area contributed by atoms with Gasteiger partial charge in [-0.05, 0) is 24.6 Å². The number of alkyl halides is 3. The van der Waals surface area contributed by atoms with E-state index in [0.29, 0.717) is 9.92 Å². The fraction of sp³-hybridized carbons (Fsp3) is 0.467. The van der Waals surface area contributed by atoms with Crippen LogP contribution in [0.2, 0.25) is 5.02 Å². The zero-order valence-corrected chi connectivity index (χ0v) is 13.1. The molecule has 0 radical (unpaired) electrons. The maximum absolute atomic E-state index is 12.4. The number of carbonyl (C=O) groups excluding carboxylic acids is 2. The van der Waals surface area contributed by atoms with E-state index in [2.05, 4.69) is 5.32 Å². The van der Waals surface area contributed by atoms with E-state index in [1.54, 1.807) is 31.2 Å². The molecule has 2 atom stereocenters. The smallest absolute Gasteiger partial charge is 0.349 e. The third-order valence-corrected chi connectivity index (χ3v) is 3.94. The van der Waals surface area contributed by atoms with E-state index >= 15 is 0 Å². The largest absolute Gasteiger partial charge is 0.406 e. The lowest BCUT2D eigenvalue weighted by Gasteiger charge is -2.19. The Hall–Kier alpha value is -1.76. The predicted octanol–water partition coefficient (Wildman–Crippen LogP) is 2.93. The van der Waals surface area contributed by atoms with E-state index in [1.165, 1.54) is 0 Å². The molecule has 1 aromatic carbocycles. The monoisotopic (exact) mass is 348 g/mol.